The van der Waals surface area contributed by atoms with Gasteiger partial charge in [-0.3, -0.25) is 19.2 Å². The second-order valence-electron chi connectivity index (χ2n) is 8.32. The van der Waals surface area contributed by atoms with Crippen LogP contribution in [0.2, 0.25) is 0 Å². The smallest absolute Gasteiger partial charge is 0.336 e. The van der Waals surface area contributed by atoms with E-state index in [0.29, 0.717) is 24.2 Å². The summed E-state index contributed by atoms with van der Waals surface area (Å²) >= 11 is 0. The highest BCUT2D eigenvalue weighted by atomic mass is 16.4. The van der Waals surface area contributed by atoms with E-state index in [1.807, 2.05) is 60.7 Å². The molecule has 0 heterocycles. The number of fused-ring (bicyclic) bond motifs is 2. The van der Waals surface area contributed by atoms with Crippen LogP contribution in [-0.4, -0.2) is 79.5 Å². The monoisotopic (exact) mass is 644 g/mol. The summed E-state index contributed by atoms with van der Waals surface area (Å²) in [5.74, 6) is -5.09. The second-order valence-corrected chi connectivity index (χ2v) is 8.32. The van der Waals surface area contributed by atoms with E-state index in [1.54, 1.807) is 24.3 Å². The third-order valence-corrected chi connectivity index (χ3v) is 4.21. The number of carbonyl (C=O) groups is 6. The van der Waals surface area contributed by atoms with Crippen LogP contribution in [0, 0.1) is 0 Å². The van der Waals surface area contributed by atoms with Gasteiger partial charge in [-0.1, -0.05) is 72.8 Å². The van der Waals surface area contributed by atoms with Crippen LogP contribution in [0.5, 0.6) is 0 Å². The minimum Gasteiger partial charge on any atom is -0.481 e. The molecule has 14 nitrogen and oxygen atoms in total. The maximum atomic E-state index is 10.8. The summed E-state index contributed by atoms with van der Waals surface area (Å²) in [6.07, 6.45) is 0. The Morgan fingerprint density at radius 2 is 0.652 bits per heavy atom. The average Bonchev–Trinajstić information content (AvgIpc) is 2.96. The molecule has 4 aromatic rings. The Balaban J connectivity index is -0.000000518. The number of hydrogen-bond donors (Lipinski definition) is 8. The minimum atomic E-state index is -0.878. The van der Waals surface area contributed by atoms with Crippen molar-refractivity contribution in [3.8, 4) is 0 Å². The van der Waals surface area contributed by atoms with Gasteiger partial charge in [-0.15, -0.1) is 0 Å². The van der Waals surface area contributed by atoms with Crippen LogP contribution >= 0.6 is 0 Å². The van der Waals surface area contributed by atoms with Crippen molar-refractivity contribution in [3.63, 3.8) is 0 Å². The zero-order chi connectivity index (χ0) is 36.2. The van der Waals surface area contributed by atoms with E-state index < -0.39 is 35.8 Å². The zero-order valence-corrected chi connectivity index (χ0v) is 25.8. The van der Waals surface area contributed by atoms with Crippen LogP contribution < -0.4 is 11.5 Å². The van der Waals surface area contributed by atoms with Gasteiger partial charge in [0.1, 0.15) is 0 Å². The normalized spacial score (nSPS) is 8.57. The van der Waals surface area contributed by atoms with E-state index in [2.05, 4.69) is 0 Å². The van der Waals surface area contributed by atoms with Crippen LogP contribution in [0.15, 0.2) is 84.9 Å². The molecular weight excluding hydrogens is 604 g/mol. The van der Waals surface area contributed by atoms with Crippen LogP contribution in [-0.2, 0) is 19.2 Å². The molecule has 14 heteroatoms. The van der Waals surface area contributed by atoms with Crippen molar-refractivity contribution >= 4 is 57.4 Å². The number of carboxylic acid groups (broad SMARTS) is 6. The summed E-state index contributed by atoms with van der Waals surface area (Å²) in [5, 5.41) is 50.9. The predicted molar refractivity (Wildman–Crippen MR) is 173 cm³/mol. The fraction of sp³-hybridized carbons (Fsp3) is 0.188. The maximum Gasteiger partial charge on any atom is 0.336 e. The second kappa shape index (κ2) is 26.7. The Hall–Kier alpha value is -5.86. The molecule has 0 spiro atoms. The molecule has 0 fully saturated rings. The molecule has 10 N–H and O–H groups in total. The molecule has 0 radical (unpaired) electrons. The Morgan fingerprint density at radius 1 is 0.435 bits per heavy atom. The van der Waals surface area contributed by atoms with Gasteiger partial charge in [0.25, 0.3) is 23.9 Å². The number of rotatable bonds is 3. The first-order chi connectivity index (χ1) is 21.4. The molecule has 4 aromatic carbocycles. The Labute approximate surface area is 265 Å². The Bertz CT molecular complexity index is 1370. The van der Waals surface area contributed by atoms with E-state index in [4.69, 9.17) is 61.3 Å². The van der Waals surface area contributed by atoms with Gasteiger partial charge in [0.05, 0.1) is 11.1 Å². The first-order valence-corrected chi connectivity index (χ1v) is 13.0. The molecule has 0 unspecified atom stereocenters. The van der Waals surface area contributed by atoms with Crippen molar-refractivity contribution in [1.29, 1.82) is 0 Å². The molecule has 250 valence electrons. The van der Waals surface area contributed by atoms with Crippen molar-refractivity contribution in [2.24, 2.45) is 11.5 Å². The molecule has 0 saturated heterocycles. The van der Waals surface area contributed by atoms with E-state index in [0.717, 1.165) is 49.2 Å². The summed E-state index contributed by atoms with van der Waals surface area (Å²) in [6, 6.07) is 25.5. The quantitative estimate of drug-likeness (QED) is 0.154. The highest BCUT2D eigenvalue weighted by Crippen LogP contribution is 2.18. The maximum absolute atomic E-state index is 10.8. The largest absolute Gasteiger partial charge is 0.481 e. The summed E-state index contributed by atoms with van der Waals surface area (Å²) in [4.78, 5) is 57.6. The Morgan fingerprint density at radius 3 is 0.870 bits per heavy atom. The molecule has 4 rings (SSSR count). The van der Waals surface area contributed by atoms with Crippen molar-refractivity contribution < 1.29 is 59.4 Å². The third-order valence-electron chi connectivity index (χ3n) is 4.21. The summed E-state index contributed by atoms with van der Waals surface area (Å²) < 4.78 is 0. The van der Waals surface area contributed by atoms with Gasteiger partial charge in [-0.25, -0.2) is 9.59 Å². The van der Waals surface area contributed by atoms with Crippen molar-refractivity contribution in [1.82, 2.24) is 0 Å². The number of carboxylic acids is 6. The van der Waals surface area contributed by atoms with Gasteiger partial charge in [0.15, 0.2) is 0 Å². The molecule has 0 atom stereocenters. The fourth-order valence-electron chi connectivity index (χ4n) is 2.82. The third kappa shape index (κ3) is 25.8. The van der Waals surface area contributed by atoms with E-state index >= 15 is 0 Å². The SMILES string of the molecule is CC(=O)O.CC(=O)O.CC(=O)O.CC(=O)O.NCCN.O=C(O)c1cccc2ccccc12.O=C(O)c1cccc2ccccc12. The number of benzene rings is 4. The summed E-state index contributed by atoms with van der Waals surface area (Å²) in [7, 11) is 0. The van der Waals surface area contributed by atoms with E-state index in [9.17, 15) is 9.59 Å². The molecule has 0 aromatic heterocycles. The number of nitrogens with two attached hydrogens (primary N) is 2. The van der Waals surface area contributed by atoms with Crippen molar-refractivity contribution in [2.45, 2.75) is 27.7 Å². The molecule has 0 aliphatic carbocycles. The van der Waals surface area contributed by atoms with E-state index in [1.165, 1.54) is 0 Å². The predicted octanol–water partition coefficient (Wildman–Crippen LogP) is 4.34. The molecular formula is C32H40N2O12. The zero-order valence-electron chi connectivity index (χ0n) is 25.8. The van der Waals surface area contributed by atoms with Gasteiger partial charge >= 0.3 is 11.9 Å². The van der Waals surface area contributed by atoms with Crippen molar-refractivity contribution in [3.05, 3.63) is 96.1 Å². The van der Waals surface area contributed by atoms with Gasteiger partial charge in [-0.05, 0) is 33.7 Å². The van der Waals surface area contributed by atoms with Gasteiger partial charge < -0.3 is 42.1 Å². The molecule has 46 heavy (non-hydrogen) atoms. The molecule has 0 aliphatic heterocycles. The van der Waals surface area contributed by atoms with Gasteiger partial charge in [0.2, 0.25) is 0 Å². The standard InChI is InChI=1S/2C11H8O2.C2H8N2.4C2H4O2/c2*12-11(13)10-7-3-5-8-4-1-2-6-9(8)10;3-1-2-4;4*1-2(3)4/h2*1-7H,(H,12,13);1-4H2;4*1H3,(H,3,4). The summed E-state index contributed by atoms with van der Waals surface area (Å²) in [6.45, 7) is 5.53. The molecule has 0 saturated carbocycles. The molecule has 0 amide bonds. The molecule has 0 aliphatic rings. The van der Waals surface area contributed by atoms with E-state index in [-0.39, 0.29) is 0 Å². The Kier molecular flexibility index (Phi) is 25.9. The van der Waals surface area contributed by atoms with Crippen LogP contribution in [0.25, 0.3) is 21.5 Å². The average molecular weight is 645 g/mol. The van der Waals surface area contributed by atoms with Crippen LogP contribution in [0.3, 0.4) is 0 Å². The van der Waals surface area contributed by atoms with Gasteiger partial charge in [-0.2, -0.15) is 0 Å². The lowest BCUT2D eigenvalue weighted by molar-refractivity contribution is -0.135. The lowest BCUT2D eigenvalue weighted by atomic mass is 10.1. The highest BCUT2D eigenvalue weighted by molar-refractivity contribution is 6.04. The topological polar surface area (TPSA) is 276 Å². The number of aromatic carboxylic acids is 2. The minimum absolute atomic E-state index is 0.359. The first kappa shape index (κ1) is 44.6. The van der Waals surface area contributed by atoms with Gasteiger partial charge in [0, 0.05) is 40.8 Å². The molecule has 0 bridgehead atoms. The first-order valence-electron chi connectivity index (χ1n) is 13.0. The fourth-order valence-corrected chi connectivity index (χ4v) is 2.82. The lowest BCUT2D eigenvalue weighted by Gasteiger charge is -2.00. The highest BCUT2D eigenvalue weighted by Gasteiger charge is 2.06. The number of hydrogen-bond acceptors (Lipinski definition) is 8. The van der Waals surface area contributed by atoms with Crippen molar-refractivity contribution in [2.75, 3.05) is 13.1 Å². The van der Waals surface area contributed by atoms with Crippen LogP contribution in [0.1, 0.15) is 48.4 Å². The summed E-state index contributed by atoms with van der Waals surface area (Å²) in [5.41, 5.74) is 10.5. The lowest BCUT2D eigenvalue weighted by Crippen LogP contribution is -2.11. The number of aliphatic carboxylic acids is 4. The van der Waals surface area contributed by atoms with Crippen LogP contribution in [0.4, 0.5) is 0 Å².